The van der Waals surface area contributed by atoms with Crippen molar-refractivity contribution in [2.45, 2.75) is 6.92 Å². The fourth-order valence-corrected chi connectivity index (χ4v) is 3.81. The molecule has 0 heterocycles. The van der Waals surface area contributed by atoms with Gasteiger partial charge in [0, 0.05) is 0 Å². The average Bonchev–Trinajstić information content (AvgIpc) is 3.33. The molecule has 1 heteroatoms. The van der Waals surface area contributed by atoms with E-state index in [2.05, 4.69) is 113 Å². The summed E-state index contributed by atoms with van der Waals surface area (Å²) in [5, 5.41) is 10.8. The van der Waals surface area contributed by atoms with E-state index in [-0.39, 0.29) is 0 Å². The molecule has 0 unspecified atom stereocenters. The standard InChI is InChI=1S/2C13H9.C2H4.Zr/c2*1-3-7-12-10(5-1)9-11-6-2-4-8-13(11)12;1-2;/h2*1-9H;1H,2H3;/q2*-1;;+2. The maximum Gasteiger partial charge on any atom is -0.0771 e. The first-order chi connectivity index (χ1) is 14.3. The summed E-state index contributed by atoms with van der Waals surface area (Å²) in [6.07, 6.45) is 0. The molecule has 6 rings (SSSR count). The Kier molecular flexibility index (Phi) is 6.28. The molecular weight excluding hydrogens is 428 g/mol. The second-order valence-electron chi connectivity index (χ2n) is 6.93. The van der Waals surface area contributed by atoms with Crippen LogP contribution in [0.4, 0.5) is 0 Å². The van der Waals surface area contributed by atoms with Crippen molar-refractivity contribution in [2.24, 2.45) is 0 Å². The third-order valence-electron chi connectivity index (χ3n) is 5.05. The zero-order valence-corrected chi connectivity index (χ0v) is 18.9. The van der Waals surface area contributed by atoms with Crippen LogP contribution in [0.1, 0.15) is 6.92 Å². The van der Waals surface area contributed by atoms with Crippen LogP contribution >= 0.6 is 0 Å². The van der Waals surface area contributed by atoms with E-state index in [4.69, 9.17) is 0 Å². The van der Waals surface area contributed by atoms with E-state index in [1.807, 2.05) is 6.92 Å². The zero-order valence-electron chi connectivity index (χ0n) is 16.5. The molecule has 0 N–H and O–H groups in total. The molecular formula is C28H22Zr. The van der Waals surface area contributed by atoms with Crippen LogP contribution < -0.4 is 0 Å². The molecule has 0 aromatic heterocycles. The van der Waals surface area contributed by atoms with Crippen LogP contribution in [0.15, 0.2) is 109 Å². The number of hydrogen-bond acceptors (Lipinski definition) is 0. The summed E-state index contributed by atoms with van der Waals surface area (Å²) in [5.74, 6) is 0. The van der Waals surface area contributed by atoms with Gasteiger partial charge in [0.25, 0.3) is 0 Å². The molecule has 0 aliphatic rings. The van der Waals surface area contributed by atoms with Gasteiger partial charge in [-0.05, 0) is 0 Å². The molecule has 0 fully saturated rings. The summed E-state index contributed by atoms with van der Waals surface area (Å²) < 4.78 is 2.09. The van der Waals surface area contributed by atoms with Gasteiger partial charge in [0.05, 0.1) is 0 Å². The first-order valence-corrected chi connectivity index (χ1v) is 11.2. The predicted octanol–water partition coefficient (Wildman–Crippen LogP) is 7.78. The van der Waals surface area contributed by atoms with Crippen LogP contribution in [0.2, 0.25) is 0 Å². The molecule has 6 aromatic carbocycles. The van der Waals surface area contributed by atoms with Crippen molar-refractivity contribution in [3.63, 3.8) is 0 Å². The molecule has 0 aliphatic carbocycles. The summed E-state index contributed by atoms with van der Waals surface area (Å²) in [5.41, 5.74) is 0. The Labute approximate surface area is 186 Å². The van der Waals surface area contributed by atoms with Gasteiger partial charge in [-0.25, -0.2) is 0 Å². The summed E-state index contributed by atoms with van der Waals surface area (Å²) >= 11 is 1.51. The minimum atomic E-state index is 1.34. The number of fused-ring (bicyclic) bond motifs is 6. The molecule has 0 aliphatic heterocycles. The molecule has 138 valence electrons. The summed E-state index contributed by atoms with van der Waals surface area (Å²) in [6, 6.07) is 38.5. The molecule has 0 saturated heterocycles. The van der Waals surface area contributed by atoms with E-state index in [9.17, 15) is 0 Å². The maximum absolute atomic E-state index is 2.24. The molecule has 0 spiro atoms. The molecule has 0 atom stereocenters. The second-order valence-corrected chi connectivity index (χ2v) is 8.35. The van der Waals surface area contributed by atoms with Gasteiger partial charge in [0.1, 0.15) is 0 Å². The van der Waals surface area contributed by atoms with Crippen molar-refractivity contribution < 1.29 is 24.2 Å². The van der Waals surface area contributed by atoms with Gasteiger partial charge in [0.2, 0.25) is 0 Å². The van der Waals surface area contributed by atoms with E-state index in [0.717, 1.165) is 0 Å². The number of rotatable bonds is 0. The van der Waals surface area contributed by atoms with Crippen molar-refractivity contribution in [3.05, 3.63) is 109 Å². The Balaban J connectivity index is 0.000000125. The SMILES string of the molecule is C[CH]=[Zr+2].c1ccc2c(c1)[cH-]c1ccccc12.c1ccc2c(c1)[cH-]c1ccccc12. The third kappa shape index (κ3) is 4.21. The van der Waals surface area contributed by atoms with E-state index in [1.54, 1.807) is 0 Å². The average molecular weight is 450 g/mol. The molecule has 6 aromatic rings. The van der Waals surface area contributed by atoms with Crippen molar-refractivity contribution >= 4 is 46.8 Å². The zero-order chi connectivity index (χ0) is 20.1. The van der Waals surface area contributed by atoms with E-state index >= 15 is 0 Å². The van der Waals surface area contributed by atoms with E-state index in [1.165, 1.54) is 67.3 Å². The summed E-state index contributed by atoms with van der Waals surface area (Å²) in [7, 11) is 0. The number of benzene rings is 4. The van der Waals surface area contributed by atoms with Gasteiger partial charge in [-0.3, -0.25) is 0 Å². The maximum atomic E-state index is 2.24. The van der Waals surface area contributed by atoms with Crippen LogP contribution in [0, 0.1) is 0 Å². The molecule has 0 amide bonds. The molecule has 0 bridgehead atoms. The van der Waals surface area contributed by atoms with Gasteiger partial charge in [-0.1, -0.05) is 72.8 Å². The summed E-state index contributed by atoms with van der Waals surface area (Å²) in [4.78, 5) is 0. The van der Waals surface area contributed by atoms with Crippen LogP contribution in [-0.4, -0.2) is 3.71 Å². The predicted molar refractivity (Wildman–Crippen MR) is 126 cm³/mol. The Morgan fingerprint density at radius 3 is 0.931 bits per heavy atom. The summed E-state index contributed by atoms with van der Waals surface area (Å²) in [6.45, 7) is 2.04. The van der Waals surface area contributed by atoms with Crippen molar-refractivity contribution in [1.29, 1.82) is 0 Å². The topological polar surface area (TPSA) is 0 Å². The Bertz CT molecular complexity index is 1170. The smallest absolute Gasteiger partial charge is 0.0771 e. The van der Waals surface area contributed by atoms with Gasteiger partial charge in [0.15, 0.2) is 0 Å². The Morgan fingerprint density at radius 2 is 0.690 bits per heavy atom. The first kappa shape index (κ1) is 19.7. The fraction of sp³-hybridized carbons (Fsp3) is 0.0357. The molecule has 29 heavy (non-hydrogen) atoms. The van der Waals surface area contributed by atoms with Crippen LogP contribution in [0.25, 0.3) is 43.1 Å². The molecule has 0 nitrogen and oxygen atoms in total. The van der Waals surface area contributed by atoms with Crippen LogP contribution in [-0.2, 0) is 24.2 Å². The number of hydrogen-bond donors (Lipinski definition) is 0. The minimum Gasteiger partial charge on any atom is -0.126 e. The van der Waals surface area contributed by atoms with Gasteiger partial charge < -0.3 is 0 Å². The quantitative estimate of drug-likeness (QED) is 0.208. The Hall–Kier alpha value is -2.63. The largest absolute Gasteiger partial charge is 0.126 e. The fourth-order valence-electron chi connectivity index (χ4n) is 3.81. The van der Waals surface area contributed by atoms with E-state index in [0.29, 0.717) is 0 Å². The first-order valence-electron chi connectivity index (χ1n) is 9.83. The normalized spacial score (nSPS) is 10.4. The van der Waals surface area contributed by atoms with E-state index < -0.39 is 0 Å². The van der Waals surface area contributed by atoms with Crippen LogP contribution in [0.5, 0.6) is 0 Å². The van der Waals surface area contributed by atoms with Gasteiger partial charge in [-0.2, -0.15) is 0 Å². The Morgan fingerprint density at radius 1 is 0.483 bits per heavy atom. The van der Waals surface area contributed by atoms with Gasteiger partial charge in [-0.15, -0.1) is 79.5 Å². The molecule has 0 saturated carbocycles. The molecule has 0 radical (unpaired) electrons. The third-order valence-corrected chi connectivity index (χ3v) is 5.05. The van der Waals surface area contributed by atoms with Crippen molar-refractivity contribution in [2.75, 3.05) is 0 Å². The van der Waals surface area contributed by atoms with Gasteiger partial charge >= 0.3 is 34.9 Å². The van der Waals surface area contributed by atoms with Crippen molar-refractivity contribution in [1.82, 2.24) is 0 Å². The van der Waals surface area contributed by atoms with Crippen LogP contribution in [0.3, 0.4) is 0 Å². The van der Waals surface area contributed by atoms with Crippen molar-refractivity contribution in [3.8, 4) is 0 Å². The second kappa shape index (κ2) is 9.25. The minimum absolute atomic E-state index is 1.34. The monoisotopic (exact) mass is 448 g/mol.